The number of hydrogen-bond acceptors (Lipinski definition) is 5. The number of carbonyl (C=O) groups is 1. The van der Waals surface area contributed by atoms with Crippen molar-refractivity contribution in [3.05, 3.63) is 62.9 Å². The maximum atomic E-state index is 15.8. The maximum absolute atomic E-state index is 15.8. The van der Waals surface area contributed by atoms with Gasteiger partial charge in [-0.1, -0.05) is 23.2 Å². The van der Waals surface area contributed by atoms with Crippen LogP contribution in [0.1, 0.15) is 72.5 Å². The fourth-order valence-electron chi connectivity index (χ4n) is 5.04. The molecule has 0 spiro atoms. The number of ether oxygens (including phenoxy) is 1. The molecule has 2 aromatic carbocycles. The van der Waals surface area contributed by atoms with Gasteiger partial charge in [-0.15, -0.1) is 0 Å². The number of rotatable bonds is 9. The van der Waals surface area contributed by atoms with E-state index in [2.05, 4.69) is 4.90 Å². The third-order valence-corrected chi connectivity index (χ3v) is 9.76. The highest BCUT2D eigenvalue weighted by atomic mass is 35.5. The highest BCUT2D eigenvalue weighted by molar-refractivity contribution is 7.87. The van der Waals surface area contributed by atoms with Gasteiger partial charge in [0.05, 0.1) is 5.56 Å². The highest BCUT2D eigenvalue weighted by Gasteiger charge is 2.38. The highest BCUT2D eigenvalue weighted by Crippen LogP contribution is 2.45. The summed E-state index contributed by atoms with van der Waals surface area (Å²) in [6, 6.07) is 7.81. The Labute approximate surface area is 237 Å². The molecule has 2 saturated heterocycles. The predicted octanol–water partition coefficient (Wildman–Crippen LogP) is 5.63. The second-order valence-electron chi connectivity index (χ2n) is 10.7. The molecule has 1 aliphatic carbocycles. The Kier molecular flexibility index (Phi) is 8.14. The summed E-state index contributed by atoms with van der Waals surface area (Å²) in [5.41, 5.74) is -0.413. The first-order chi connectivity index (χ1) is 18.4. The van der Waals surface area contributed by atoms with E-state index in [1.165, 1.54) is 6.07 Å². The molecule has 1 N–H and O–H groups in total. The van der Waals surface area contributed by atoms with Gasteiger partial charge in [-0.25, -0.2) is 13.5 Å². The van der Waals surface area contributed by atoms with E-state index in [1.54, 1.807) is 6.07 Å². The molecular weight excluding hydrogens is 571 g/mol. The van der Waals surface area contributed by atoms with Gasteiger partial charge in [-0.3, -0.25) is 9.69 Å². The lowest BCUT2D eigenvalue weighted by Crippen LogP contribution is -2.49. The van der Waals surface area contributed by atoms with Gasteiger partial charge < -0.3 is 4.74 Å². The van der Waals surface area contributed by atoms with Crippen LogP contribution in [-0.4, -0.2) is 62.0 Å². The van der Waals surface area contributed by atoms with Crippen molar-refractivity contribution in [1.82, 2.24) is 13.9 Å². The average Bonchev–Trinajstić information content (AvgIpc) is 3.66. The van der Waals surface area contributed by atoms with E-state index in [0.717, 1.165) is 28.8 Å². The van der Waals surface area contributed by atoms with Crippen LogP contribution in [0.25, 0.3) is 0 Å². The van der Waals surface area contributed by atoms with Gasteiger partial charge in [0.2, 0.25) is 0 Å². The number of piperidine rings is 1. The second kappa shape index (κ2) is 11.1. The summed E-state index contributed by atoms with van der Waals surface area (Å²) in [5, 5.41) is 1.10. The molecule has 212 valence electrons. The molecule has 1 saturated carbocycles. The normalized spacial score (nSPS) is 20.7. The largest absolute Gasteiger partial charge is 0.490 e. The van der Waals surface area contributed by atoms with Crippen LogP contribution in [0.15, 0.2) is 30.3 Å². The van der Waals surface area contributed by atoms with Gasteiger partial charge in [0.25, 0.3) is 5.91 Å². The minimum absolute atomic E-state index is 0.00540. The Balaban J connectivity index is 1.23. The lowest BCUT2D eigenvalue weighted by Gasteiger charge is -2.39. The van der Waals surface area contributed by atoms with Gasteiger partial charge in [0, 0.05) is 48.3 Å². The Morgan fingerprint density at radius 1 is 1.10 bits per heavy atom. The Morgan fingerprint density at radius 2 is 1.74 bits per heavy atom. The molecule has 5 rings (SSSR count). The monoisotopic (exact) mass is 601 g/mol. The van der Waals surface area contributed by atoms with Crippen molar-refractivity contribution < 1.29 is 26.7 Å². The predicted molar refractivity (Wildman–Crippen MR) is 146 cm³/mol. The first-order valence-electron chi connectivity index (χ1n) is 13.1. The number of amides is 1. The van der Waals surface area contributed by atoms with E-state index in [9.17, 15) is 17.6 Å². The van der Waals surface area contributed by atoms with E-state index in [1.807, 2.05) is 23.8 Å². The number of carbonyl (C=O) groups excluding carboxylic acids is 1. The lowest BCUT2D eigenvalue weighted by molar-refractivity contribution is 0.00614. The van der Waals surface area contributed by atoms with E-state index >= 15 is 4.39 Å². The van der Waals surface area contributed by atoms with Crippen LogP contribution in [0.4, 0.5) is 8.78 Å². The summed E-state index contributed by atoms with van der Waals surface area (Å²) in [5.74, 6) is -1.69. The van der Waals surface area contributed by atoms with Gasteiger partial charge in [-0.2, -0.15) is 12.7 Å². The number of nitrogens with one attached hydrogen (secondary N) is 1. The number of likely N-dealkylation sites (tertiary alicyclic amines) is 1. The van der Waals surface area contributed by atoms with Crippen LogP contribution in [0.2, 0.25) is 10.0 Å². The van der Waals surface area contributed by atoms with E-state index in [0.29, 0.717) is 48.2 Å². The second-order valence-corrected chi connectivity index (χ2v) is 13.2. The zero-order valence-electron chi connectivity index (χ0n) is 21.6. The fourth-order valence-corrected chi connectivity index (χ4v) is 6.79. The molecular formula is C27H31Cl2F2N3O4S. The molecule has 0 radical (unpaired) electrons. The van der Waals surface area contributed by atoms with Gasteiger partial charge in [0.15, 0.2) is 0 Å². The van der Waals surface area contributed by atoms with Crippen molar-refractivity contribution >= 4 is 39.3 Å². The first-order valence-corrected chi connectivity index (χ1v) is 15.3. The van der Waals surface area contributed by atoms with Crippen molar-refractivity contribution in [2.75, 3.05) is 32.8 Å². The summed E-state index contributed by atoms with van der Waals surface area (Å²) in [6.45, 7) is 3.43. The van der Waals surface area contributed by atoms with Crippen LogP contribution in [0.5, 0.6) is 5.75 Å². The summed E-state index contributed by atoms with van der Waals surface area (Å²) < 4.78 is 64.2. The summed E-state index contributed by atoms with van der Waals surface area (Å²) in [4.78, 5) is 14.8. The number of nitrogens with zero attached hydrogens (tertiary/aromatic N) is 2. The van der Waals surface area contributed by atoms with E-state index < -0.39 is 27.6 Å². The van der Waals surface area contributed by atoms with E-state index in [4.69, 9.17) is 27.9 Å². The summed E-state index contributed by atoms with van der Waals surface area (Å²) in [7, 11) is -4.01. The molecule has 1 atom stereocenters. The SMILES string of the molecule is C[C@@H](c1cc(Cl)cc(Cl)c1)N1CCC(F)(COc2cc(F)c(C(=O)NS(=O)(=O)N3CCC3)cc2C2CC2)CC1. The van der Waals surface area contributed by atoms with Crippen LogP contribution in [0.3, 0.4) is 0 Å². The zero-order chi connectivity index (χ0) is 27.9. The van der Waals surface area contributed by atoms with E-state index in [-0.39, 0.29) is 42.7 Å². The molecule has 39 heavy (non-hydrogen) atoms. The molecule has 2 heterocycles. The molecule has 7 nitrogen and oxygen atoms in total. The summed E-state index contributed by atoms with van der Waals surface area (Å²) >= 11 is 12.3. The molecule has 2 aliphatic heterocycles. The van der Waals surface area contributed by atoms with Crippen molar-refractivity contribution in [3.63, 3.8) is 0 Å². The quantitative estimate of drug-likeness (QED) is 0.403. The number of benzene rings is 2. The molecule has 3 fully saturated rings. The molecule has 0 bridgehead atoms. The van der Waals surface area contributed by atoms with Crippen LogP contribution >= 0.6 is 23.2 Å². The molecule has 3 aliphatic rings. The Bertz CT molecular complexity index is 1340. The number of halogens is 4. The molecule has 2 aromatic rings. The van der Waals surface area contributed by atoms with Gasteiger partial charge in [-0.05, 0) is 80.3 Å². The first kappa shape index (κ1) is 28.5. The third-order valence-electron chi connectivity index (χ3n) is 7.83. The van der Waals surface area contributed by atoms with Crippen molar-refractivity contribution in [2.24, 2.45) is 0 Å². The average molecular weight is 603 g/mol. The molecule has 0 aromatic heterocycles. The Hall–Kier alpha value is -1.98. The van der Waals surface area contributed by atoms with Crippen LogP contribution < -0.4 is 9.46 Å². The van der Waals surface area contributed by atoms with Crippen molar-refractivity contribution in [2.45, 2.75) is 56.7 Å². The van der Waals surface area contributed by atoms with Crippen molar-refractivity contribution in [3.8, 4) is 5.75 Å². The van der Waals surface area contributed by atoms with Gasteiger partial charge >= 0.3 is 10.2 Å². The topological polar surface area (TPSA) is 79.0 Å². The smallest absolute Gasteiger partial charge is 0.304 e. The fraction of sp³-hybridized carbons (Fsp3) is 0.519. The minimum atomic E-state index is -4.01. The van der Waals surface area contributed by atoms with Crippen molar-refractivity contribution in [1.29, 1.82) is 0 Å². The third kappa shape index (κ3) is 6.51. The molecule has 0 unspecified atom stereocenters. The number of alkyl halides is 1. The minimum Gasteiger partial charge on any atom is -0.490 e. The zero-order valence-corrected chi connectivity index (χ0v) is 23.9. The maximum Gasteiger partial charge on any atom is 0.304 e. The van der Waals surface area contributed by atoms with Crippen LogP contribution in [0, 0.1) is 5.82 Å². The summed E-state index contributed by atoms with van der Waals surface area (Å²) in [6.07, 6.45) is 2.85. The van der Waals surface area contributed by atoms with Gasteiger partial charge in [0.1, 0.15) is 23.8 Å². The van der Waals surface area contributed by atoms with Crippen LogP contribution in [-0.2, 0) is 10.2 Å². The molecule has 1 amide bonds. The number of hydrogen-bond donors (Lipinski definition) is 1. The lowest BCUT2D eigenvalue weighted by atomic mass is 9.92. The standard InChI is InChI=1S/C27H31Cl2F2N3O4S/c1-17(19-11-20(28)13-21(29)12-19)33-9-5-27(31,6-10-33)16-38-25-15-24(30)23(14-22(25)18-3-4-18)26(35)32-39(36,37)34-7-2-8-34/h11-15,17-18H,2-10,16H2,1H3,(H,32,35)/t17-/m0/s1. The Morgan fingerprint density at radius 3 is 2.31 bits per heavy atom. The molecule has 12 heteroatoms.